The van der Waals surface area contributed by atoms with Gasteiger partial charge >= 0.3 is 0 Å². The first kappa shape index (κ1) is 15.1. The van der Waals surface area contributed by atoms with Crippen LogP contribution in [0.4, 0.5) is 9.52 Å². The van der Waals surface area contributed by atoms with Gasteiger partial charge in [0.15, 0.2) is 5.13 Å². The van der Waals surface area contributed by atoms with E-state index in [1.165, 1.54) is 23.5 Å². The van der Waals surface area contributed by atoms with Gasteiger partial charge in [0.05, 0.1) is 11.5 Å². The van der Waals surface area contributed by atoms with E-state index in [1.54, 1.807) is 18.3 Å². The molecule has 22 heavy (non-hydrogen) atoms. The summed E-state index contributed by atoms with van der Waals surface area (Å²) in [5, 5.41) is 3.29. The van der Waals surface area contributed by atoms with E-state index >= 15 is 0 Å². The standard InChI is InChI=1S/C15H16FN3O2S/c1-19-6-7-21-12(9-19)14(20)18-15-17-8-13(22-15)10-2-4-11(16)5-3-10/h2-5,8,12H,6-7,9H2,1H3,(H,17,18,20). The lowest BCUT2D eigenvalue weighted by molar-refractivity contribution is -0.132. The molecule has 5 nitrogen and oxygen atoms in total. The second kappa shape index (κ2) is 6.51. The second-order valence-electron chi connectivity index (χ2n) is 5.15. The molecule has 0 saturated carbocycles. The molecular weight excluding hydrogens is 305 g/mol. The number of nitrogens with zero attached hydrogens (tertiary/aromatic N) is 2. The Kier molecular flexibility index (Phi) is 4.47. The minimum atomic E-state index is -0.475. The molecule has 1 fully saturated rings. The first-order chi connectivity index (χ1) is 10.6. The molecule has 0 bridgehead atoms. The fraction of sp³-hybridized carbons (Fsp3) is 0.333. The number of rotatable bonds is 3. The van der Waals surface area contributed by atoms with Crippen molar-refractivity contribution in [2.45, 2.75) is 6.10 Å². The molecule has 0 spiro atoms. The van der Waals surface area contributed by atoms with Crippen LogP contribution in [0.2, 0.25) is 0 Å². The normalized spacial score (nSPS) is 19.1. The fourth-order valence-corrected chi connectivity index (χ4v) is 3.03. The van der Waals surface area contributed by atoms with Crippen molar-refractivity contribution in [3.63, 3.8) is 0 Å². The molecule has 1 saturated heterocycles. The van der Waals surface area contributed by atoms with Crippen LogP contribution in [-0.2, 0) is 9.53 Å². The summed E-state index contributed by atoms with van der Waals surface area (Å²) in [4.78, 5) is 19.3. The Morgan fingerprint density at radius 3 is 2.95 bits per heavy atom. The van der Waals surface area contributed by atoms with Crippen LogP contribution in [0.5, 0.6) is 0 Å². The minimum Gasteiger partial charge on any atom is -0.366 e. The number of carbonyl (C=O) groups excluding carboxylic acids is 1. The number of hydrogen-bond acceptors (Lipinski definition) is 5. The van der Waals surface area contributed by atoms with E-state index in [2.05, 4.69) is 15.2 Å². The topological polar surface area (TPSA) is 54.5 Å². The van der Waals surface area contributed by atoms with Gasteiger partial charge in [0.1, 0.15) is 11.9 Å². The molecule has 1 aliphatic heterocycles. The van der Waals surface area contributed by atoms with Gasteiger partial charge < -0.3 is 9.64 Å². The Hall–Kier alpha value is -1.83. The van der Waals surface area contributed by atoms with Crippen LogP contribution in [0, 0.1) is 5.82 Å². The third-order valence-electron chi connectivity index (χ3n) is 3.43. The van der Waals surface area contributed by atoms with E-state index in [0.717, 1.165) is 17.0 Å². The molecule has 1 atom stereocenters. The highest BCUT2D eigenvalue weighted by Gasteiger charge is 2.25. The van der Waals surface area contributed by atoms with Crippen LogP contribution in [-0.4, -0.2) is 48.6 Å². The van der Waals surface area contributed by atoms with E-state index in [-0.39, 0.29) is 11.7 Å². The first-order valence-electron chi connectivity index (χ1n) is 6.94. The summed E-state index contributed by atoms with van der Waals surface area (Å²) in [6.07, 6.45) is 1.19. The first-order valence-corrected chi connectivity index (χ1v) is 7.76. The number of ether oxygens (including phenoxy) is 1. The molecule has 0 aliphatic carbocycles. The zero-order valence-corrected chi connectivity index (χ0v) is 12.9. The molecule has 3 rings (SSSR count). The number of carbonyl (C=O) groups is 1. The van der Waals surface area contributed by atoms with Gasteiger partial charge in [0, 0.05) is 19.3 Å². The zero-order chi connectivity index (χ0) is 15.5. The van der Waals surface area contributed by atoms with Crippen molar-refractivity contribution in [1.29, 1.82) is 0 Å². The molecule has 1 aromatic carbocycles. The number of thiazole rings is 1. The molecule has 1 N–H and O–H groups in total. The number of morpholine rings is 1. The molecule has 2 heterocycles. The summed E-state index contributed by atoms with van der Waals surface area (Å²) in [6.45, 7) is 1.95. The smallest absolute Gasteiger partial charge is 0.256 e. The number of benzene rings is 1. The number of likely N-dealkylation sites (N-methyl/N-ethyl adjacent to an activating group) is 1. The van der Waals surface area contributed by atoms with E-state index in [0.29, 0.717) is 18.3 Å². The summed E-state index contributed by atoms with van der Waals surface area (Å²) in [5.74, 6) is -0.466. The maximum atomic E-state index is 12.9. The monoisotopic (exact) mass is 321 g/mol. The molecule has 1 aromatic heterocycles. The predicted octanol–water partition coefficient (Wildman–Crippen LogP) is 2.22. The number of halogens is 1. The van der Waals surface area contributed by atoms with Gasteiger partial charge in [-0.05, 0) is 24.7 Å². The van der Waals surface area contributed by atoms with Crippen LogP contribution < -0.4 is 5.32 Å². The quantitative estimate of drug-likeness (QED) is 0.942. The molecule has 1 amide bonds. The van der Waals surface area contributed by atoms with E-state index in [1.807, 2.05) is 7.05 Å². The lowest BCUT2D eigenvalue weighted by atomic mass is 10.2. The molecule has 7 heteroatoms. The summed E-state index contributed by atoms with van der Waals surface area (Å²) >= 11 is 1.35. The molecule has 1 unspecified atom stereocenters. The number of aromatic nitrogens is 1. The van der Waals surface area contributed by atoms with Crippen molar-refractivity contribution in [1.82, 2.24) is 9.88 Å². The summed E-state index contributed by atoms with van der Waals surface area (Å²) < 4.78 is 18.4. The number of hydrogen-bond donors (Lipinski definition) is 1. The van der Waals surface area contributed by atoms with E-state index in [4.69, 9.17) is 4.74 Å². The van der Waals surface area contributed by atoms with Crippen LogP contribution in [0.25, 0.3) is 10.4 Å². The average molecular weight is 321 g/mol. The molecular formula is C15H16FN3O2S. The minimum absolute atomic E-state index is 0.188. The SMILES string of the molecule is CN1CCOC(C(=O)Nc2ncc(-c3ccc(F)cc3)s2)C1. The van der Waals surface area contributed by atoms with Gasteiger partial charge in [-0.2, -0.15) is 0 Å². The fourth-order valence-electron chi connectivity index (χ4n) is 2.20. The van der Waals surface area contributed by atoms with Gasteiger partial charge in [-0.1, -0.05) is 23.5 Å². The summed E-state index contributed by atoms with van der Waals surface area (Å²) in [7, 11) is 1.96. The second-order valence-corrected chi connectivity index (χ2v) is 6.18. The lowest BCUT2D eigenvalue weighted by Gasteiger charge is -2.28. The maximum absolute atomic E-state index is 12.9. The molecule has 116 valence electrons. The van der Waals surface area contributed by atoms with E-state index < -0.39 is 6.10 Å². The predicted molar refractivity (Wildman–Crippen MR) is 83.4 cm³/mol. The van der Waals surface area contributed by atoms with Crippen LogP contribution >= 0.6 is 11.3 Å². The third kappa shape index (κ3) is 3.49. The Bertz CT molecular complexity index is 659. The lowest BCUT2D eigenvalue weighted by Crippen LogP contribution is -2.46. The van der Waals surface area contributed by atoms with Crippen LogP contribution in [0.1, 0.15) is 0 Å². The highest BCUT2D eigenvalue weighted by molar-refractivity contribution is 7.19. The van der Waals surface area contributed by atoms with Crippen LogP contribution in [0.3, 0.4) is 0 Å². The van der Waals surface area contributed by atoms with Gasteiger partial charge in [-0.3, -0.25) is 10.1 Å². The van der Waals surface area contributed by atoms with Crippen molar-refractivity contribution in [2.24, 2.45) is 0 Å². The maximum Gasteiger partial charge on any atom is 0.256 e. The van der Waals surface area contributed by atoms with Gasteiger partial charge in [-0.15, -0.1) is 0 Å². The van der Waals surface area contributed by atoms with Crippen molar-refractivity contribution in [3.8, 4) is 10.4 Å². The van der Waals surface area contributed by atoms with E-state index in [9.17, 15) is 9.18 Å². The molecule has 0 radical (unpaired) electrons. The zero-order valence-electron chi connectivity index (χ0n) is 12.1. The summed E-state index contributed by atoms with van der Waals surface area (Å²) in [6, 6.07) is 6.18. The molecule has 1 aliphatic rings. The van der Waals surface area contributed by atoms with Crippen molar-refractivity contribution in [2.75, 3.05) is 32.1 Å². The van der Waals surface area contributed by atoms with Crippen molar-refractivity contribution in [3.05, 3.63) is 36.3 Å². The van der Waals surface area contributed by atoms with Crippen LogP contribution in [0.15, 0.2) is 30.5 Å². The Balaban J connectivity index is 1.66. The van der Waals surface area contributed by atoms with Gasteiger partial charge in [-0.25, -0.2) is 9.37 Å². The van der Waals surface area contributed by atoms with Crippen molar-refractivity contribution >= 4 is 22.4 Å². The Labute approximate surface area is 131 Å². The largest absolute Gasteiger partial charge is 0.366 e. The Morgan fingerprint density at radius 2 is 2.23 bits per heavy atom. The summed E-state index contributed by atoms with van der Waals surface area (Å²) in [5.41, 5.74) is 0.869. The Morgan fingerprint density at radius 1 is 1.45 bits per heavy atom. The van der Waals surface area contributed by atoms with Crippen molar-refractivity contribution < 1.29 is 13.9 Å². The third-order valence-corrected chi connectivity index (χ3v) is 4.39. The number of amides is 1. The highest BCUT2D eigenvalue weighted by atomic mass is 32.1. The van der Waals surface area contributed by atoms with Gasteiger partial charge in [0.2, 0.25) is 0 Å². The number of nitrogens with one attached hydrogen (secondary N) is 1. The van der Waals surface area contributed by atoms with Gasteiger partial charge in [0.25, 0.3) is 5.91 Å². The number of anilines is 1. The average Bonchev–Trinajstić information content (AvgIpc) is 2.96. The highest BCUT2D eigenvalue weighted by Crippen LogP contribution is 2.29. The molecule has 2 aromatic rings.